The number of anilines is 1. The fourth-order valence-corrected chi connectivity index (χ4v) is 5.12. The number of carbonyl (C=O) groups is 1. The van der Waals surface area contributed by atoms with Gasteiger partial charge in [0, 0.05) is 29.7 Å². The molecule has 0 atom stereocenters. The molecule has 4 rings (SSSR count). The third-order valence-corrected chi connectivity index (χ3v) is 7.14. The SMILES string of the molecule is Cc1ccc(Cl)c2sc(N3CCN(C(=O)c4ccccc4I)CC3)nc12. The van der Waals surface area contributed by atoms with Crippen molar-refractivity contribution in [3.05, 3.63) is 56.1 Å². The van der Waals surface area contributed by atoms with E-state index in [0.29, 0.717) is 13.1 Å². The zero-order chi connectivity index (χ0) is 18.3. The third-order valence-electron chi connectivity index (χ3n) is 4.63. The fourth-order valence-electron chi connectivity index (χ4n) is 3.13. The lowest BCUT2D eigenvalue weighted by Gasteiger charge is -2.34. The molecular weight excluding hydrogens is 481 g/mol. The Balaban J connectivity index is 1.50. The summed E-state index contributed by atoms with van der Waals surface area (Å²) < 4.78 is 2.04. The van der Waals surface area contributed by atoms with Crippen molar-refractivity contribution < 1.29 is 4.79 Å². The minimum absolute atomic E-state index is 0.109. The second-order valence-corrected chi connectivity index (χ2v) is 8.84. The normalized spacial score (nSPS) is 14.9. The van der Waals surface area contributed by atoms with Crippen LogP contribution in [-0.2, 0) is 0 Å². The molecule has 1 amide bonds. The Morgan fingerprint density at radius 3 is 2.58 bits per heavy atom. The number of carbonyl (C=O) groups excluding carboxylic acids is 1. The zero-order valence-corrected chi connectivity index (χ0v) is 17.9. The lowest BCUT2D eigenvalue weighted by molar-refractivity contribution is 0.0745. The molecular formula is C19H17ClIN3OS. The van der Waals surface area contributed by atoms with E-state index in [4.69, 9.17) is 16.6 Å². The zero-order valence-electron chi connectivity index (χ0n) is 14.2. The second kappa shape index (κ2) is 7.32. The maximum Gasteiger partial charge on any atom is 0.255 e. The van der Waals surface area contributed by atoms with Gasteiger partial charge in [-0.15, -0.1) is 0 Å². The quantitative estimate of drug-likeness (QED) is 0.476. The van der Waals surface area contributed by atoms with Gasteiger partial charge in [-0.2, -0.15) is 0 Å². The Labute approximate surface area is 174 Å². The number of nitrogens with zero attached hydrogens (tertiary/aromatic N) is 3. The molecule has 0 aliphatic carbocycles. The van der Waals surface area contributed by atoms with Crippen LogP contribution in [-0.4, -0.2) is 42.0 Å². The topological polar surface area (TPSA) is 36.4 Å². The highest BCUT2D eigenvalue weighted by Crippen LogP contribution is 2.35. The first kappa shape index (κ1) is 18.0. The number of hydrogen-bond acceptors (Lipinski definition) is 4. The van der Waals surface area contributed by atoms with Crippen molar-refractivity contribution in [3.8, 4) is 0 Å². The molecule has 1 aliphatic heterocycles. The number of aryl methyl sites for hydroxylation is 1. The summed E-state index contributed by atoms with van der Waals surface area (Å²) in [6.07, 6.45) is 0. The molecule has 1 saturated heterocycles. The Bertz CT molecular complexity index is 943. The fraction of sp³-hybridized carbons (Fsp3) is 0.263. The van der Waals surface area contributed by atoms with Crippen molar-refractivity contribution in [2.24, 2.45) is 0 Å². The summed E-state index contributed by atoms with van der Waals surface area (Å²) in [5, 5.41) is 1.74. The van der Waals surface area contributed by atoms with E-state index in [-0.39, 0.29) is 5.91 Å². The Kier molecular flexibility index (Phi) is 5.07. The molecule has 0 spiro atoms. The number of hydrogen-bond donors (Lipinski definition) is 0. The van der Waals surface area contributed by atoms with E-state index in [1.165, 1.54) is 0 Å². The number of benzene rings is 2. The minimum Gasteiger partial charge on any atom is -0.345 e. The molecule has 0 N–H and O–H groups in total. The van der Waals surface area contributed by atoms with Crippen molar-refractivity contribution in [2.75, 3.05) is 31.1 Å². The molecule has 0 bridgehead atoms. The summed E-state index contributed by atoms with van der Waals surface area (Å²) in [6.45, 7) is 5.02. The van der Waals surface area contributed by atoms with Crippen molar-refractivity contribution in [1.82, 2.24) is 9.88 Å². The molecule has 0 radical (unpaired) electrons. The average molecular weight is 498 g/mol. The molecule has 2 heterocycles. The van der Waals surface area contributed by atoms with Crippen LogP contribution in [0.3, 0.4) is 0 Å². The molecule has 134 valence electrons. The van der Waals surface area contributed by atoms with E-state index in [9.17, 15) is 4.79 Å². The van der Waals surface area contributed by atoms with Crippen molar-refractivity contribution in [1.29, 1.82) is 0 Å². The predicted octanol–water partition coefficient (Wildman–Crippen LogP) is 4.83. The number of halogens is 2. The van der Waals surface area contributed by atoms with Gasteiger partial charge in [-0.1, -0.05) is 41.1 Å². The molecule has 0 saturated carbocycles. The minimum atomic E-state index is 0.109. The second-order valence-electron chi connectivity index (χ2n) is 6.30. The maximum absolute atomic E-state index is 12.8. The van der Waals surface area contributed by atoms with E-state index >= 15 is 0 Å². The van der Waals surface area contributed by atoms with Crippen molar-refractivity contribution in [2.45, 2.75) is 6.92 Å². The van der Waals surface area contributed by atoms with Crippen LogP contribution < -0.4 is 4.90 Å². The van der Waals surface area contributed by atoms with Gasteiger partial charge < -0.3 is 9.80 Å². The van der Waals surface area contributed by atoms with Gasteiger partial charge in [0.15, 0.2) is 5.13 Å². The van der Waals surface area contributed by atoms with Gasteiger partial charge in [0.25, 0.3) is 5.91 Å². The summed E-state index contributed by atoms with van der Waals surface area (Å²) in [5.41, 5.74) is 2.90. The first-order valence-electron chi connectivity index (χ1n) is 8.39. The third kappa shape index (κ3) is 3.30. The van der Waals surface area contributed by atoms with Gasteiger partial charge in [-0.05, 0) is 53.3 Å². The molecule has 1 aliphatic rings. The number of piperazine rings is 1. The highest BCUT2D eigenvalue weighted by Gasteiger charge is 2.25. The summed E-state index contributed by atoms with van der Waals surface area (Å²) >= 11 is 10.2. The van der Waals surface area contributed by atoms with Crippen LogP contribution in [0.15, 0.2) is 36.4 Å². The van der Waals surface area contributed by atoms with Gasteiger partial charge in [-0.3, -0.25) is 4.79 Å². The number of thiazole rings is 1. The Morgan fingerprint density at radius 1 is 1.15 bits per heavy atom. The number of rotatable bonds is 2. The van der Waals surface area contributed by atoms with E-state index in [1.54, 1.807) is 11.3 Å². The number of aromatic nitrogens is 1. The van der Waals surface area contributed by atoms with Crippen LogP contribution in [0.4, 0.5) is 5.13 Å². The predicted molar refractivity (Wildman–Crippen MR) is 117 cm³/mol. The van der Waals surface area contributed by atoms with Gasteiger partial charge in [0.2, 0.25) is 0 Å². The smallest absolute Gasteiger partial charge is 0.255 e. The average Bonchev–Trinajstić information content (AvgIpc) is 3.12. The van der Waals surface area contributed by atoms with E-state index in [2.05, 4.69) is 34.4 Å². The molecule has 1 fully saturated rings. The maximum atomic E-state index is 12.8. The van der Waals surface area contributed by atoms with Crippen LogP contribution in [0.5, 0.6) is 0 Å². The highest BCUT2D eigenvalue weighted by atomic mass is 127. The first-order valence-corrected chi connectivity index (χ1v) is 10.7. The van der Waals surface area contributed by atoms with Gasteiger partial charge in [0.05, 0.1) is 20.8 Å². The van der Waals surface area contributed by atoms with Gasteiger partial charge >= 0.3 is 0 Å². The van der Waals surface area contributed by atoms with E-state index in [0.717, 1.165) is 48.2 Å². The van der Waals surface area contributed by atoms with Crippen LogP contribution in [0.2, 0.25) is 5.02 Å². The summed E-state index contributed by atoms with van der Waals surface area (Å²) in [7, 11) is 0. The molecule has 4 nitrogen and oxygen atoms in total. The first-order chi connectivity index (χ1) is 12.5. The van der Waals surface area contributed by atoms with Gasteiger partial charge in [0.1, 0.15) is 0 Å². The lowest BCUT2D eigenvalue weighted by Crippen LogP contribution is -2.48. The largest absolute Gasteiger partial charge is 0.345 e. The van der Waals surface area contributed by atoms with E-state index in [1.807, 2.05) is 41.3 Å². The van der Waals surface area contributed by atoms with Crippen molar-refractivity contribution >= 4 is 66.8 Å². The molecule has 2 aromatic carbocycles. The molecule has 0 unspecified atom stereocenters. The Morgan fingerprint density at radius 2 is 1.88 bits per heavy atom. The molecule has 1 aromatic heterocycles. The monoisotopic (exact) mass is 497 g/mol. The highest BCUT2D eigenvalue weighted by molar-refractivity contribution is 14.1. The van der Waals surface area contributed by atoms with Crippen molar-refractivity contribution in [3.63, 3.8) is 0 Å². The van der Waals surface area contributed by atoms with Crippen LogP contribution >= 0.6 is 45.5 Å². The number of fused-ring (bicyclic) bond motifs is 1. The lowest BCUT2D eigenvalue weighted by atomic mass is 10.2. The molecule has 3 aromatic rings. The number of amides is 1. The summed E-state index contributed by atoms with van der Waals surface area (Å²) in [6, 6.07) is 11.7. The Hall–Kier alpha value is -1.38. The van der Waals surface area contributed by atoms with Crippen LogP contribution in [0.25, 0.3) is 10.2 Å². The van der Waals surface area contributed by atoms with E-state index < -0.39 is 0 Å². The summed E-state index contributed by atoms with van der Waals surface area (Å²) in [5.74, 6) is 0.109. The standard InChI is InChI=1S/C19H17ClIN3OS/c1-12-6-7-14(20)17-16(12)22-19(26-17)24-10-8-23(9-11-24)18(25)13-4-2-3-5-15(13)21/h2-7H,8-11H2,1H3. The van der Waals surface area contributed by atoms with Crippen LogP contribution in [0.1, 0.15) is 15.9 Å². The summed E-state index contributed by atoms with van der Waals surface area (Å²) in [4.78, 5) is 21.7. The molecule has 26 heavy (non-hydrogen) atoms. The molecule has 7 heteroatoms. The van der Waals surface area contributed by atoms with Crippen LogP contribution in [0, 0.1) is 10.5 Å². The van der Waals surface area contributed by atoms with Gasteiger partial charge in [-0.25, -0.2) is 4.98 Å².